The minimum Gasteiger partial charge on any atom is -0.494 e. The predicted molar refractivity (Wildman–Crippen MR) is 106 cm³/mol. The van der Waals surface area contributed by atoms with Gasteiger partial charge in [0.2, 0.25) is 11.8 Å². The molecule has 0 saturated carbocycles. The summed E-state index contributed by atoms with van der Waals surface area (Å²) in [4.78, 5) is 33.2. The first-order valence-electron chi connectivity index (χ1n) is 9.78. The highest BCUT2D eigenvalue weighted by Gasteiger charge is 2.36. The maximum atomic E-state index is 13.1. The number of para-hydroxylation sites is 1. The van der Waals surface area contributed by atoms with Gasteiger partial charge in [-0.15, -0.1) is 0 Å². The van der Waals surface area contributed by atoms with Gasteiger partial charge in [-0.05, 0) is 31.5 Å². The fourth-order valence-corrected chi connectivity index (χ4v) is 3.54. The van der Waals surface area contributed by atoms with E-state index in [4.69, 9.17) is 4.74 Å². The quantitative estimate of drug-likeness (QED) is 0.705. The normalized spacial score (nSPS) is 16.3. The van der Waals surface area contributed by atoms with Gasteiger partial charge < -0.3 is 14.5 Å². The zero-order valence-corrected chi connectivity index (χ0v) is 16.5. The molecule has 2 amide bonds. The highest BCUT2D eigenvalue weighted by atomic mass is 16.5. The highest BCUT2D eigenvalue weighted by molar-refractivity contribution is 5.89. The number of hydrogen-bond donors (Lipinski definition) is 0. The maximum Gasteiger partial charge on any atom is 0.228 e. The van der Waals surface area contributed by atoms with E-state index < -0.39 is 0 Å². The van der Waals surface area contributed by atoms with E-state index in [9.17, 15) is 9.59 Å². The number of aromatic nitrogens is 1. The van der Waals surface area contributed by atoms with Gasteiger partial charge in [0.1, 0.15) is 5.75 Å². The van der Waals surface area contributed by atoms with Gasteiger partial charge >= 0.3 is 0 Å². The summed E-state index contributed by atoms with van der Waals surface area (Å²) in [5.74, 6) is 0.546. The predicted octanol–water partition coefficient (Wildman–Crippen LogP) is 2.88. The van der Waals surface area contributed by atoms with Crippen molar-refractivity contribution in [2.75, 3.05) is 19.7 Å². The number of likely N-dealkylation sites (tertiary alicyclic amines) is 1. The van der Waals surface area contributed by atoms with Crippen LogP contribution < -0.4 is 4.74 Å². The molecule has 1 saturated heterocycles. The number of hydrogen-bond acceptors (Lipinski definition) is 4. The van der Waals surface area contributed by atoms with E-state index in [-0.39, 0.29) is 24.2 Å². The van der Waals surface area contributed by atoms with Gasteiger partial charge in [-0.3, -0.25) is 14.6 Å². The van der Waals surface area contributed by atoms with Crippen molar-refractivity contribution in [1.29, 1.82) is 0 Å². The van der Waals surface area contributed by atoms with E-state index in [1.165, 1.54) is 0 Å². The number of nitrogens with zero attached hydrogens (tertiary/aromatic N) is 3. The Morgan fingerprint density at radius 1 is 1.25 bits per heavy atom. The van der Waals surface area contributed by atoms with Crippen LogP contribution in [0.2, 0.25) is 0 Å². The number of carbonyl (C=O) groups excluding carboxylic acids is 2. The molecule has 0 unspecified atom stereocenters. The molecule has 0 bridgehead atoms. The minimum atomic E-state index is -0.302. The molecule has 28 heavy (non-hydrogen) atoms. The average molecular weight is 381 g/mol. The molecule has 6 nitrogen and oxygen atoms in total. The van der Waals surface area contributed by atoms with Gasteiger partial charge in [-0.2, -0.15) is 0 Å². The van der Waals surface area contributed by atoms with Crippen molar-refractivity contribution in [2.45, 2.75) is 33.4 Å². The number of ether oxygens (including phenoxy) is 1. The molecule has 6 heteroatoms. The first-order valence-corrected chi connectivity index (χ1v) is 9.78. The van der Waals surface area contributed by atoms with Crippen molar-refractivity contribution in [3.63, 3.8) is 0 Å². The molecule has 3 rings (SSSR count). The zero-order valence-electron chi connectivity index (χ0n) is 16.5. The summed E-state index contributed by atoms with van der Waals surface area (Å²) in [6.45, 7) is 6.51. The van der Waals surface area contributed by atoms with Crippen LogP contribution in [0.25, 0.3) is 0 Å². The van der Waals surface area contributed by atoms with Crippen LogP contribution in [0.4, 0.5) is 0 Å². The van der Waals surface area contributed by atoms with Crippen molar-refractivity contribution in [1.82, 2.24) is 14.8 Å². The minimum absolute atomic E-state index is 0.0213. The van der Waals surface area contributed by atoms with Crippen LogP contribution in [0.3, 0.4) is 0 Å². The summed E-state index contributed by atoms with van der Waals surface area (Å²) in [5.41, 5.74) is 1.96. The summed E-state index contributed by atoms with van der Waals surface area (Å²) in [6.07, 6.45) is 3.73. The van der Waals surface area contributed by atoms with E-state index in [1.807, 2.05) is 55.1 Å². The van der Waals surface area contributed by atoms with Gasteiger partial charge in [0.05, 0.1) is 12.5 Å². The lowest BCUT2D eigenvalue weighted by Crippen LogP contribution is -2.37. The van der Waals surface area contributed by atoms with Crippen LogP contribution in [0, 0.1) is 5.92 Å². The number of carbonyl (C=O) groups is 2. The van der Waals surface area contributed by atoms with Gasteiger partial charge in [0.25, 0.3) is 0 Å². The Kier molecular flexibility index (Phi) is 6.63. The summed E-state index contributed by atoms with van der Waals surface area (Å²) < 4.78 is 5.68. The van der Waals surface area contributed by atoms with Crippen LogP contribution >= 0.6 is 0 Å². The third-order valence-electron chi connectivity index (χ3n) is 4.99. The average Bonchev–Trinajstić information content (AvgIpc) is 3.08. The largest absolute Gasteiger partial charge is 0.494 e. The summed E-state index contributed by atoms with van der Waals surface area (Å²) in [7, 11) is 0. The van der Waals surface area contributed by atoms with Gasteiger partial charge in [0, 0.05) is 50.6 Å². The first kappa shape index (κ1) is 19.9. The second-order valence-corrected chi connectivity index (χ2v) is 6.93. The van der Waals surface area contributed by atoms with Gasteiger partial charge in [0.15, 0.2) is 0 Å². The Balaban J connectivity index is 1.66. The topological polar surface area (TPSA) is 62.7 Å². The molecule has 1 aliphatic rings. The van der Waals surface area contributed by atoms with E-state index in [1.54, 1.807) is 17.3 Å². The first-order chi connectivity index (χ1) is 13.6. The highest BCUT2D eigenvalue weighted by Crippen LogP contribution is 2.25. The number of amides is 2. The molecule has 1 atom stereocenters. The van der Waals surface area contributed by atoms with E-state index in [2.05, 4.69) is 4.98 Å². The Morgan fingerprint density at radius 2 is 2.07 bits per heavy atom. The lowest BCUT2D eigenvalue weighted by Gasteiger charge is -2.25. The third-order valence-corrected chi connectivity index (χ3v) is 4.99. The van der Waals surface area contributed by atoms with E-state index in [0.29, 0.717) is 32.8 Å². The Hall–Kier alpha value is -2.89. The number of pyridine rings is 1. The smallest absolute Gasteiger partial charge is 0.228 e. The van der Waals surface area contributed by atoms with Crippen LogP contribution in [0.15, 0.2) is 48.8 Å². The van der Waals surface area contributed by atoms with Gasteiger partial charge in [-0.1, -0.05) is 24.3 Å². The molecule has 1 fully saturated rings. The molecule has 1 aliphatic heterocycles. The molecule has 148 valence electrons. The molecular weight excluding hydrogens is 354 g/mol. The number of benzene rings is 1. The van der Waals surface area contributed by atoms with Gasteiger partial charge in [-0.25, -0.2) is 0 Å². The monoisotopic (exact) mass is 381 g/mol. The van der Waals surface area contributed by atoms with Crippen LogP contribution in [0.5, 0.6) is 5.75 Å². The fraction of sp³-hybridized carbons (Fsp3) is 0.409. The van der Waals surface area contributed by atoms with Crippen LogP contribution in [-0.4, -0.2) is 46.3 Å². The molecule has 2 aromatic rings. The summed E-state index contributed by atoms with van der Waals surface area (Å²) >= 11 is 0. The summed E-state index contributed by atoms with van der Waals surface area (Å²) in [6, 6.07) is 11.6. The molecule has 1 aromatic heterocycles. The number of rotatable bonds is 8. The van der Waals surface area contributed by atoms with E-state index >= 15 is 0 Å². The fourth-order valence-electron chi connectivity index (χ4n) is 3.54. The zero-order chi connectivity index (χ0) is 19.9. The molecular formula is C22H27N3O3. The lowest BCUT2D eigenvalue weighted by molar-refractivity contribution is -0.136. The maximum absolute atomic E-state index is 13.1. The van der Waals surface area contributed by atoms with Crippen LogP contribution in [-0.2, 0) is 22.7 Å². The Labute approximate surface area is 166 Å². The molecule has 2 heterocycles. The second-order valence-electron chi connectivity index (χ2n) is 6.93. The molecule has 1 aromatic carbocycles. The van der Waals surface area contributed by atoms with Crippen molar-refractivity contribution in [3.8, 4) is 5.75 Å². The third kappa shape index (κ3) is 4.68. The van der Waals surface area contributed by atoms with Crippen molar-refractivity contribution in [3.05, 3.63) is 59.9 Å². The van der Waals surface area contributed by atoms with Crippen LogP contribution in [0.1, 0.15) is 31.4 Å². The standard InChI is InChI=1S/C22H27N3O3/c1-3-24(15-18-9-5-6-10-20(18)28-4-2)22(27)19-12-21(26)25(16-19)14-17-8-7-11-23-13-17/h5-11,13,19H,3-4,12,14-16H2,1-2H3/t19-/m1/s1. The SMILES string of the molecule is CCOc1ccccc1CN(CC)C(=O)[C@@H]1CC(=O)N(Cc2cccnc2)C1. The van der Waals surface area contributed by atoms with E-state index in [0.717, 1.165) is 16.9 Å². The summed E-state index contributed by atoms with van der Waals surface area (Å²) in [5, 5.41) is 0. The molecule has 0 aliphatic carbocycles. The Bertz CT molecular complexity index is 810. The lowest BCUT2D eigenvalue weighted by atomic mass is 10.1. The molecule has 0 spiro atoms. The Morgan fingerprint density at radius 3 is 2.79 bits per heavy atom. The van der Waals surface area contributed by atoms with Crippen molar-refractivity contribution >= 4 is 11.8 Å². The van der Waals surface area contributed by atoms with Crippen molar-refractivity contribution in [2.24, 2.45) is 5.92 Å². The molecule has 0 radical (unpaired) electrons. The second kappa shape index (κ2) is 9.35. The van der Waals surface area contributed by atoms with Crippen molar-refractivity contribution < 1.29 is 14.3 Å². The molecule has 0 N–H and O–H groups in total.